The van der Waals surface area contributed by atoms with E-state index in [0.29, 0.717) is 5.75 Å². The summed E-state index contributed by atoms with van der Waals surface area (Å²) in [6.07, 6.45) is 22.1. The zero-order valence-corrected chi connectivity index (χ0v) is 25.7. The second-order valence-corrected chi connectivity index (χ2v) is 12.0. The fourth-order valence-corrected chi connectivity index (χ4v) is 5.85. The van der Waals surface area contributed by atoms with Gasteiger partial charge in [0.1, 0.15) is 11.5 Å². The predicted octanol–water partition coefficient (Wildman–Crippen LogP) is 10.2. The Hall–Kier alpha value is -2.87. The molecule has 1 aromatic carbocycles. The number of ether oxygens (including phenoxy) is 2. The van der Waals surface area contributed by atoms with Gasteiger partial charge in [-0.2, -0.15) is 5.26 Å². The van der Waals surface area contributed by atoms with Crippen LogP contribution in [0.2, 0.25) is 0 Å². The second-order valence-electron chi connectivity index (χ2n) is 12.0. The van der Waals surface area contributed by atoms with Crippen LogP contribution in [0.4, 0.5) is 0 Å². The summed E-state index contributed by atoms with van der Waals surface area (Å²) in [5.74, 6) is 1.04. The van der Waals surface area contributed by atoms with Gasteiger partial charge >= 0.3 is 5.97 Å². The van der Waals surface area contributed by atoms with E-state index in [0.717, 1.165) is 68.6 Å². The van der Waals surface area contributed by atoms with Crippen LogP contribution >= 0.6 is 0 Å². The fraction of sp³-hybridized carbons (Fsp3) is 0.639. The number of carbonyl (C=O) groups is 1. The smallest absolute Gasteiger partial charge is 0.314 e. The minimum atomic E-state index is -0.260. The van der Waals surface area contributed by atoms with Crippen molar-refractivity contribution in [1.29, 1.82) is 5.26 Å². The molecule has 0 spiro atoms. The van der Waals surface area contributed by atoms with Gasteiger partial charge < -0.3 is 9.47 Å². The summed E-state index contributed by atoms with van der Waals surface area (Å²) < 4.78 is 11.6. The number of esters is 1. The third kappa shape index (κ3) is 11.5. The van der Waals surface area contributed by atoms with Crippen molar-refractivity contribution < 1.29 is 14.3 Å². The molecule has 2 aromatic rings. The highest BCUT2D eigenvalue weighted by Crippen LogP contribution is 2.43. The Kier molecular flexibility index (Phi) is 14.8. The highest BCUT2D eigenvalue weighted by molar-refractivity contribution is 5.75. The first kappa shape index (κ1) is 32.6. The summed E-state index contributed by atoms with van der Waals surface area (Å²) >= 11 is 0. The Morgan fingerprint density at radius 2 is 1.41 bits per heavy atom. The number of carbonyl (C=O) groups excluding carboxylic acids is 1. The summed E-state index contributed by atoms with van der Waals surface area (Å²) in [6.45, 7) is 5.20. The molecule has 5 heteroatoms. The van der Waals surface area contributed by atoms with Crippen LogP contribution < -0.4 is 9.47 Å². The first-order chi connectivity index (χ1) is 20.1. The molecule has 1 fully saturated rings. The standard InChI is InChI=1S/C36H52N2O3/c1-3-5-7-9-11-12-14-24-36(29-37)25-22-31(23-26-36)35(39)41-32-18-16-30(17-19-32)34-21-20-33(28-38-34)40-27-15-13-10-8-6-4-2/h16-21,28,31H,3-15,22-27H2,1-2H3. The van der Waals surface area contributed by atoms with E-state index in [9.17, 15) is 10.1 Å². The molecule has 3 rings (SSSR count). The minimum Gasteiger partial charge on any atom is -0.492 e. The maximum absolute atomic E-state index is 12.9. The van der Waals surface area contributed by atoms with Gasteiger partial charge in [0.25, 0.3) is 0 Å². The molecule has 41 heavy (non-hydrogen) atoms. The van der Waals surface area contributed by atoms with E-state index in [4.69, 9.17) is 9.47 Å². The molecule has 0 saturated heterocycles. The van der Waals surface area contributed by atoms with E-state index in [-0.39, 0.29) is 17.3 Å². The highest BCUT2D eigenvalue weighted by atomic mass is 16.5. The number of aromatic nitrogens is 1. The monoisotopic (exact) mass is 560 g/mol. The van der Waals surface area contributed by atoms with Gasteiger partial charge in [-0.25, -0.2) is 0 Å². The van der Waals surface area contributed by atoms with Crippen LogP contribution in [0.5, 0.6) is 11.5 Å². The molecule has 1 aliphatic carbocycles. The Bertz CT molecular complexity index is 1030. The molecule has 0 unspecified atom stereocenters. The highest BCUT2D eigenvalue weighted by Gasteiger charge is 2.38. The van der Waals surface area contributed by atoms with Gasteiger partial charge in [0.2, 0.25) is 0 Å². The topological polar surface area (TPSA) is 72.2 Å². The van der Waals surface area contributed by atoms with E-state index in [1.165, 1.54) is 70.6 Å². The third-order valence-corrected chi connectivity index (χ3v) is 8.64. The quantitative estimate of drug-likeness (QED) is 0.0970. The lowest BCUT2D eigenvalue weighted by molar-refractivity contribution is -0.140. The van der Waals surface area contributed by atoms with Crippen LogP contribution in [0.25, 0.3) is 11.3 Å². The van der Waals surface area contributed by atoms with Gasteiger partial charge in [0.15, 0.2) is 0 Å². The summed E-state index contributed by atoms with van der Waals surface area (Å²) in [5.41, 5.74) is 1.56. The molecule has 1 aromatic heterocycles. The van der Waals surface area contributed by atoms with E-state index < -0.39 is 0 Å². The van der Waals surface area contributed by atoms with E-state index in [2.05, 4.69) is 24.9 Å². The third-order valence-electron chi connectivity index (χ3n) is 8.64. The van der Waals surface area contributed by atoms with E-state index in [1.54, 1.807) is 6.20 Å². The summed E-state index contributed by atoms with van der Waals surface area (Å²) in [5, 5.41) is 9.91. The Morgan fingerprint density at radius 1 is 0.829 bits per heavy atom. The van der Waals surface area contributed by atoms with Crippen molar-refractivity contribution in [3.05, 3.63) is 42.6 Å². The zero-order valence-electron chi connectivity index (χ0n) is 25.7. The van der Waals surface area contributed by atoms with Gasteiger partial charge in [-0.15, -0.1) is 0 Å². The zero-order chi connectivity index (χ0) is 29.2. The van der Waals surface area contributed by atoms with Crippen molar-refractivity contribution in [3.63, 3.8) is 0 Å². The molecular weight excluding hydrogens is 508 g/mol. The summed E-state index contributed by atoms with van der Waals surface area (Å²) in [6, 6.07) is 14.1. The van der Waals surface area contributed by atoms with Gasteiger partial charge in [0.05, 0.1) is 35.9 Å². The summed E-state index contributed by atoms with van der Waals surface area (Å²) in [4.78, 5) is 17.4. The van der Waals surface area contributed by atoms with Crippen LogP contribution in [0.1, 0.15) is 129 Å². The molecular formula is C36H52N2O3. The second kappa shape index (κ2) is 18.5. The molecule has 0 bridgehead atoms. The number of nitrogens with zero attached hydrogens (tertiary/aromatic N) is 2. The Morgan fingerprint density at radius 3 is 2.00 bits per heavy atom. The molecule has 0 aliphatic heterocycles. The lowest BCUT2D eigenvalue weighted by Gasteiger charge is -2.34. The van der Waals surface area contributed by atoms with Crippen molar-refractivity contribution in [2.45, 2.75) is 129 Å². The number of hydrogen-bond acceptors (Lipinski definition) is 5. The van der Waals surface area contributed by atoms with Crippen LogP contribution in [0.15, 0.2) is 42.6 Å². The number of pyridine rings is 1. The lowest BCUT2D eigenvalue weighted by atomic mass is 9.69. The van der Waals surface area contributed by atoms with Gasteiger partial charge in [-0.3, -0.25) is 9.78 Å². The number of unbranched alkanes of at least 4 members (excludes halogenated alkanes) is 11. The van der Waals surface area contributed by atoms with Gasteiger partial charge in [-0.1, -0.05) is 90.9 Å². The number of benzene rings is 1. The maximum Gasteiger partial charge on any atom is 0.314 e. The largest absolute Gasteiger partial charge is 0.492 e. The molecule has 1 heterocycles. The maximum atomic E-state index is 12.9. The minimum absolute atomic E-state index is 0.129. The molecule has 5 nitrogen and oxygen atoms in total. The van der Waals surface area contributed by atoms with Crippen LogP contribution in [0, 0.1) is 22.7 Å². The van der Waals surface area contributed by atoms with Crippen molar-refractivity contribution >= 4 is 5.97 Å². The molecule has 0 atom stereocenters. The average molecular weight is 561 g/mol. The average Bonchev–Trinajstić information content (AvgIpc) is 3.01. The first-order valence-electron chi connectivity index (χ1n) is 16.4. The Labute approximate surface area is 249 Å². The molecule has 0 amide bonds. The SMILES string of the molecule is CCCCCCCCCC1(C#N)CCC(C(=O)Oc2ccc(-c3ccc(OCCCCCCCC)cn3)cc2)CC1. The number of hydrogen-bond donors (Lipinski definition) is 0. The van der Waals surface area contributed by atoms with E-state index >= 15 is 0 Å². The van der Waals surface area contributed by atoms with Gasteiger partial charge in [-0.05, 0) is 74.9 Å². The van der Waals surface area contributed by atoms with Crippen molar-refractivity contribution in [3.8, 4) is 28.8 Å². The number of nitriles is 1. The van der Waals surface area contributed by atoms with Crippen molar-refractivity contribution in [1.82, 2.24) is 4.98 Å². The van der Waals surface area contributed by atoms with Crippen LogP contribution in [-0.2, 0) is 4.79 Å². The molecule has 1 aliphatic rings. The fourth-order valence-electron chi connectivity index (χ4n) is 5.85. The lowest BCUT2D eigenvalue weighted by Crippen LogP contribution is -2.31. The molecule has 0 radical (unpaired) electrons. The molecule has 1 saturated carbocycles. The predicted molar refractivity (Wildman–Crippen MR) is 167 cm³/mol. The van der Waals surface area contributed by atoms with Crippen LogP contribution in [-0.4, -0.2) is 17.6 Å². The number of rotatable bonds is 19. The van der Waals surface area contributed by atoms with Crippen molar-refractivity contribution in [2.75, 3.05) is 6.61 Å². The molecule has 0 N–H and O–H groups in total. The van der Waals surface area contributed by atoms with Crippen LogP contribution in [0.3, 0.4) is 0 Å². The van der Waals surface area contributed by atoms with Crippen molar-refractivity contribution in [2.24, 2.45) is 11.3 Å². The van der Waals surface area contributed by atoms with E-state index in [1.807, 2.05) is 36.4 Å². The Balaban J connectivity index is 1.38. The van der Waals surface area contributed by atoms with Gasteiger partial charge in [0, 0.05) is 5.56 Å². The normalized spacial score (nSPS) is 18.5. The first-order valence-corrected chi connectivity index (χ1v) is 16.4. The summed E-state index contributed by atoms with van der Waals surface area (Å²) in [7, 11) is 0. The molecule has 224 valence electrons.